The molecule has 1 aliphatic carbocycles. The highest BCUT2D eigenvalue weighted by Gasteiger charge is 2.16. The normalized spacial score (nSPS) is 14.8. The molecule has 76 valence electrons. The molecule has 1 heterocycles. The van der Waals surface area contributed by atoms with Gasteiger partial charge in [0.1, 0.15) is 0 Å². The molecule has 1 aromatic rings. The second-order valence-corrected chi connectivity index (χ2v) is 4.57. The number of nitrogens with one attached hydrogen (secondary N) is 1. The third-order valence-corrected chi connectivity index (χ3v) is 2.81. The maximum absolute atomic E-state index is 11.4. The van der Waals surface area contributed by atoms with E-state index in [1.54, 1.807) is 6.07 Å². The SMILES string of the molecule is CC(C)Cc1cc(=O)[nH]c2c1CCC2. The molecule has 0 aromatic carbocycles. The number of pyridine rings is 1. The van der Waals surface area contributed by atoms with Gasteiger partial charge in [-0.1, -0.05) is 13.8 Å². The van der Waals surface area contributed by atoms with Crippen LogP contribution in [0.15, 0.2) is 10.9 Å². The van der Waals surface area contributed by atoms with Crippen molar-refractivity contribution in [3.63, 3.8) is 0 Å². The minimum atomic E-state index is 0.0706. The summed E-state index contributed by atoms with van der Waals surface area (Å²) in [5.74, 6) is 0.626. The molecule has 0 bridgehead atoms. The molecular weight excluding hydrogens is 174 g/mol. The lowest BCUT2D eigenvalue weighted by Gasteiger charge is -2.09. The van der Waals surface area contributed by atoms with Crippen LogP contribution in [0.1, 0.15) is 37.1 Å². The van der Waals surface area contributed by atoms with Gasteiger partial charge < -0.3 is 4.98 Å². The van der Waals surface area contributed by atoms with Gasteiger partial charge in [-0.25, -0.2) is 0 Å². The summed E-state index contributed by atoms with van der Waals surface area (Å²) in [6.45, 7) is 4.39. The van der Waals surface area contributed by atoms with Crippen molar-refractivity contribution in [2.24, 2.45) is 5.92 Å². The molecule has 1 aromatic heterocycles. The zero-order chi connectivity index (χ0) is 10.1. The van der Waals surface area contributed by atoms with Gasteiger partial charge in [-0.15, -0.1) is 0 Å². The van der Waals surface area contributed by atoms with Crippen LogP contribution < -0.4 is 5.56 Å². The summed E-state index contributed by atoms with van der Waals surface area (Å²) in [6.07, 6.45) is 4.43. The molecule has 2 heteroatoms. The molecule has 0 fully saturated rings. The van der Waals surface area contributed by atoms with Gasteiger partial charge in [-0.2, -0.15) is 0 Å². The number of rotatable bonds is 2. The van der Waals surface area contributed by atoms with E-state index >= 15 is 0 Å². The zero-order valence-electron chi connectivity index (χ0n) is 8.89. The van der Waals surface area contributed by atoms with Gasteiger partial charge in [0.2, 0.25) is 5.56 Å². The fourth-order valence-electron chi connectivity index (χ4n) is 2.29. The molecule has 0 saturated heterocycles. The van der Waals surface area contributed by atoms with E-state index in [-0.39, 0.29) is 5.56 Å². The van der Waals surface area contributed by atoms with Crippen LogP contribution in [-0.4, -0.2) is 4.98 Å². The van der Waals surface area contributed by atoms with E-state index in [4.69, 9.17) is 0 Å². The largest absolute Gasteiger partial charge is 0.326 e. The Bertz CT molecular complexity index is 390. The van der Waals surface area contributed by atoms with E-state index in [9.17, 15) is 4.79 Å². The summed E-state index contributed by atoms with van der Waals surface area (Å²) in [7, 11) is 0. The first-order valence-electron chi connectivity index (χ1n) is 5.41. The van der Waals surface area contributed by atoms with Crippen molar-refractivity contribution in [3.05, 3.63) is 33.2 Å². The van der Waals surface area contributed by atoms with Crippen molar-refractivity contribution >= 4 is 0 Å². The summed E-state index contributed by atoms with van der Waals surface area (Å²) in [5, 5.41) is 0. The predicted octanol–water partition coefficient (Wildman–Crippen LogP) is 2.06. The Labute approximate surface area is 84.4 Å². The van der Waals surface area contributed by atoms with Crippen LogP contribution in [-0.2, 0) is 19.3 Å². The lowest BCUT2D eigenvalue weighted by atomic mass is 9.98. The standard InChI is InChI=1S/C12H17NO/c1-8(2)6-9-7-12(14)13-11-5-3-4-10(9)11/h7-8H,3-6H2,1-2H3,(H,13,14). The van der Waals surface area contributed by atoms with Gasteiger partial charge in [0.05, 0.1) is 0 Å². The quantitative estimate of drug-likeness (QED) is 0.762. The fourth-order valence-corrected chi connectivity index (χ4v) is 2.29. The van der Waals surface area contributed by atoms with Gasteiger partial charge >= 0.3 is 0 Å². The van der Waals surface area contributed by atoms with Crippen LogP contribution >= 0.6 is 0 Å². The Kier molecular flexibility index (Phi) is 2.44. The summed E-state index contributed by atoms with van der Waals surface area (Å²) in [4.78, 5) is 14.3. The number of aromatic nitrogens is 1. The Balaban J connectivity index is 2.43. The molecule has 2 nitrogen and oxygen atoms in total. The average Bonchev–Trinajstić information content (AvgIpc) is 2.50. The second-order valence-electron chi connectivity index (χ2n) is 4.57. The highest BCUT2D eigenvalue weighted by Crippen LogP contribution is 2.23. The van der Waals surface area contributed by atoms with E-state index in [0.29, 0.717) is 5.92 Å². The van der Waals surface area contributed by atoms with E-state index in [1.165, 1.54) is 23.2 Å². The first-order chi connectivity index (χ1) is 6.66. The molecule has 0 aliphatic heterocycles. The Hall–Kier alpha value is -1.05. The highest BCUT2D eigenvalue weighted by atomic mass is 16.1. The minimum Gasteiger partial charge on any atom is -0.326 e. The summed E-state index contributed by atoms with van der Waals surface area (Å²) >= 11 is 0. The molecule has 0 saturated carbocycles. The lowest BCUT2D eigenvalue weighted by molar-refractivity contribution is 0.642. The minimum absolute atomic E-state index is 0.0706. The smallest absolute Gasteiger partial charge is 0.248 e. The van der Waals surface area contributed by atoms with E-state index in [0.717, 1.165) is 19.3 Å². The predicted molar refractivity (Wildman–Crippen MR) is 57.6 cm³/mol. The van der Waals surface area contributed by atoms with E-state index < -0.39 is 0 Å². The third kappa shape index (κ3) is 1.74. The van der Waals surface area contributed by atoms with Crippen LogP contribution in [0.5, 0.6) is 0 Å². The van der Waals surface area contributed by atoms with Crippen molar-refractivity contribution in [3.8, 4) is 0 Å². The maximum atomic E-state index is 11.4. The Morgan fingerprint density at radius 3 is 2.93 bits per heavy atom. The number of H-pyrrole nitrogens is 1. The molecule has 1 N–H and O–H groups in total. The van der Waals surface area contributed by atoms with Gasteiger partial charge in [0.15, 0.2) is 0 Å². The molecule has 0 amide bonds. The molecule has 0 unspecified atom stereocenters. The number of aryl methyl sites for hydroxylation is 1. The van der Waals surface area contributed by atoms with Crippen molar-refractivity contribution < 1.29 is 0 Å². The number of fused-ring (bicyclic) bond motifs is 1. The highest BCUT2D eigenvalue weighted by molar-refractivity contribution is 5.33. The molecule has 2 rings (SSSR count). The third-order valence-electron chi connectivity index (χ3n) is 2.81. The fraction of sp³-hybridized carbons (Fsp3) is 0.583. The summed E-state index contributed by atoms with van der Waals surface area (Å²) in [6, 6.07) is 1.78. The van der Waals surface area contributed by atoms with Crippen LogP contribution in [0.2, 0.25) is 0 Å². The first kappa shape index (κ1) is 9.50. The Morgan fingerprint density at radius 2 is 2.21 bits per heavy atom. The van der Waals surface area contributed by atoms with Crippen molar-refractivity contribution in [2.45, 2.75) is 39.5 Å². The topological polar surface area (TPSA) is 32.9 Å². The lowest BCUT2D eigenvalue weighted by Crippen LogP contribution is -2.12. The van der Waals surface area contributed by atoms with Crippen molar-refractivity contribution in [1.82, 2.24) is 4.98 Å². The van der Waals surface area contributed by atoms with Gasteiger partial charge in [-0.3, -0.25) is 4.79 Å². The molecule has 1 aliphatic rings. The van der Waals surface area contributed by atoms with Gasteiger partial charge in [-0.05, 0) is 42.7 Å². The van der Waals surface area contributed by atoms with Crippen LogP contribution in [0.25, 0.3) is 0 Å². The van der Waals surface area contributed by atoms with Crippen LogP contribution in [0, 0.1) is 5.92 Å². The molecule has 14 heavy (non-hydrogen) atoms. The Morgan fingerprint density at radius 1 is 1.43 bits per heavy atom. The number of aromatic amines is 1. The zero-order valence-corrected chi connectivity index (χ0v) is 8.89. The van der Waals surface area contributed by atoms with Gasteiger partial charge in [0.25, 0.3) is 0 Å². The number of hydrogen-bond donors (Lipinski definition) is 1. The van der Waals surface area contributed by atoms with Crippen molar-refractivity contribution in [1.29, 1.82) is 0 Å². The second kappa shape index (κ2) is 3.60. The first-order valence-corrected chi connectivity index (χ1v) is 5.41. The number of hydrogen-bond acceptors (Lipinski definition) is 1. The van der Waals surface area contributed by atoms with E-state index in [2.05, 4.69) is 18.8 Å². The van der Waals surface area contributed by atoms with E-state index in [1.807, 2.05) is 0 Å². The molecule has 0 atom stereocenters. The van der Waals surface area contributed by atoms with Gasteiger partial charge in [0, 0.05) is 11.8 Å². The molecule has 0 spiro atoms. The van der Waals surface area contributed by atoms with Crippen LogP contribution in [0.3, 0.4) is 0 Å². The summed E-state index contributed by atoms with van der Waals surface area (Å²) < 4.78 is 0. The summed E-state index contributed by atoms with van der Waals surface area (Å²) in [5.41, 5.74) is 3.95. The molecular formula is C12H17NO. The monoisotopic (exact) mass is 191 g/mol. The maximum Gasteiger partial charge on any atom is 0.248 e. The molecule has 0 radical (unpaired) electrons. The van der Waals surface area contributed by atoms with Crippen molar-refractivity contribution in [2.75, 3.05) is 0 Å². The van der Waals surface area contributed by atoms with Crippen LogP contribution in [0.4, 0.5) is 0 Å². The average molecular weight is 191 g/mol.